The van der Waals surface area contributed by atoms with Gasteiger partial charge >= 0.3 is 0 Å². The van der Waals surface area contributed by atoms with Crippen molar-refractivity contribution in [1.29, 1.82) is 0 Å². The Bertz CT molecular complexity index is 1230. The number of benzene rings is 2. The highest BCUT2D eigenvalue weighted by Crippen LogP contribution is 2.49. The van der Waals surface area contributed by atoms with Gasteiger partial charge in [0.1, 0.15) is 0 Å². The zero-order valence-electron chi connectivity index (χ0n) is 20.5. The average molecular weight is 512 g/mol. The molecule has 0 bridgehead atoms. The van der Waals surface area contributed by atoms with Gasteiger partial charge in [0.05, 0.1) is 17.4 Å². The summed E-state index contributed by atoms with van der Waals surface area (Å²) in [5.74, 6) is -0.112. The first-order valence-electron chi connectivity index (χ1n) is 12.3. The molecule has 2 heterocycles. The first-order chi connectivity index (χ1) is 16.6. The predicted octanol–water partition coefficient (Wildman–Crippen LogP) is 6.75. The molecule has 2 aromatic carbocycles. The van der Waals surface area contributed by atoms with E-state index in [1.54, 1.807) is 24.0 Å². The van der Waals surface area contributed by atoms with Crippen molar-refractivity contribution in [2.75, 3.05) is 23.3 Å². The van der Waals surface area contributed by atoms with Crippen LogP contribution in [0, 0.1) is 5.41 Å². The summed E-state index contributed by atoms with van der Waals surface area (Å²) in [6.45, 7) is 8.86. The van der Waals surface area contributed by atoms with Crippen LogP contribution in [0.3, 0.4) is 0 Å². The van der Waals surface area contributed by atoms with E-state index in [0.717, 1.165) is 36.7 Å². The summed E-state index contributed by atoms with van der Waals surface area (Å²) < 4.78 is 0. The molecule has 1 amide bonds. The Morgan fingerprint density at radius 2 is 1.83 bits per heavy atom. The van der Waals surface area contributed by atoms with E-state index in [0.29, 0.717) is 34.0 Å². The lowest BCUT2D eigenvalue weighted by atomic mass is 9.73. The van der Waals surface area contributed by atoms with E-state index in [9.17, 15) is 9.59 Å². The third-order valence-corrected chi connectivity index (χ3v) is 7.82. The van der Waals surface area contributed by atoms with Gasteiger partial charge in [-0.3, -0.25) is 19.4 Å². The van der Waals surface area contributed by atoms with Crippen molar-refractivity contribution >= 4 is 46.3 Å². The van der Waals surface area contributed by atoms with E-state index in [4.69, 9.17) is 23.2 Å². The molecule has 0 radical (unpaired) electrons. The zero-order chi connectivity index (χ0) is 24.9. The van der Waals surface area contributed by atoms with Gasteiger partial charge in [-0.25, -0.2) is 0 Å². The van der Waals surface area contributed by atoms with Crippen molar-refractivity contribution in [2.24, 2.45) is 5.41 Å². The van der Waals surface area contributed by atoms with Crippen molar-refractivity contribution in [3.05, 3.63) is 68.8 Å². The number of nitrogens with one attached hydrogen (secondary N) is 1. The quantitative estimate of drug-likeness (QED) is 0.494. The number of anilines is 2. The third-order valence-electron chi connectivity index (χ3n) is 7.26. The summed E-state index contributed by atoms with van der Waals surface area (Å²) in [4.78, 5) is 31.1. The molecule has 1 atom stereocenters. The van der Waals surface area contributed by atoms with Crippen LogP contribution in [-0.2, 0) is 16.1 Å². The normalized spacial score (nSPS) is 21.9. The highest BCUT2D eigenvalue weighted by atomic mass is 35.5. The van der Waals surface area contributed by atoms with E-state index in [1.807, 2.05) is 12.1 Å². The number of carbonyl (C=O) groups is 2. The van der Waals surface area contributed by atoms with Crippen molar-refractivity contribution < 1.29 is 9.59 Å². The van der Waals surface area contributed by atoms with Crippen LogP contribution in [0.4, 0.5) is 11.4 Å². The van der Waals surface area contributed by atoms with Crippen LogP contribution in [0.2, 0.25) is 10.0 Å². The van der Waals surface area contributed by atoms with Crippen LogP contribution >= 0.6 is 23.2 Å². The molecule has 1 aliphatic carbocycles. The number of Topliss-reactive ketones (excluding diaryl/α,β-unsaturated/α-hetero) is 1. The molecular weight excluding hydrogens is 481 g/mol. The smallest absolute Gasteiger partial charge is 0.224 e. The lowest BCUT2D eigenvalue weighted by molar-refractivity contribution is -0.118. The molecule has 1 fully saturated rings. The number of carbonyl (C=O) groups excluding carboxylic acids is 2. The first kappa shape index (κ1) is 24.4. The number of hydrogen-bond donors (Lipinski definition) is 1. The Morgan fingerprint density at radius 1 is 1.09 bits per heavy atom. The van der Waals surface area contributed by atoms with Crippen LogP contribution in [0.25, 0.3) is 0 Å². The Balaban J connectivity index is 1.69. The van der Waals surface area contributed by atoms with E-state index < -0.39 is 6.04 Å². The summed E-state index contributed by atoms with van der Waals surface area (Å²) >= 11 is 12.9. The van der Waals surface area contributed by atoms with E-state index in [2.05, 4.69) is 36.2 Å². The van der Waals surface area contributed by atoms with Gasteiger partial charge in [-0.2, -0.15) is 0 Å². The number of fused-ring (bicyclic) bond motifs is 1. The minimum atomic E-state index is -0.631. The molecule has 35 heavy (non-hydrogen) atoms. The molecule has 0 saturated carbocycles. The first-order valence-corrected chi connectivity index (χ1v) is 13.0. The molecule has 5 nitrogen and oxygen atoms in total. The molecule has 7 heteroatoms. The lowest BCUT2D eigenvalue weighted by Crippen LogP contribution is -2.38. The summed E-state index contributed by atoms with van der Waals surface area (Å²) in [5, 5.41) is 4.55. The molecular formula is C28H31Cl2N3O2. The molecule has 0 aromatic heterocycles. The molecule has 1 N–H and O–H groups in total. The summed E-state index contributed by atoms with van der Waals surface area (Å²) in [7, 11) is 0. The SMILES string of the molecule is CC(=O)N1c2ccc(CN3CCCC3)cc2NC2=C(C(=O)CC(C)(C)C2)C1c1ccc(Cl)cc1Cl. The highest BCUT2D eigenvalue weighted by Gasteiger charge is 2.43. The Hall–Kier alpha value is -2.34. The molecule has 3 aliphatic rings. The minimum Gasteiger partial charge on any atom is -0.357 e. The van der Waals surface area contributed by atoms with Gasteiger partial charge in [0.25, 0.3) is 0 Å². The number of amides is 1. The lowest BCUT2D eigenvalue weighted by Gasteiger charge is -2.37. The van der Waals surface area contributed by atoms with Crippen molar-refractivity contribution in [3.8, 4) is 0 Å². The second-order valence-corrected chi connectivity index (χ2v) is 11.6. The van der Waals surface area contributed by atoms with Crippen molar-refractivity contribution in [3.63, 3.8) is 0 Å². The largest absolute Gasteiger partial charge is 0.357 e. The fraction of sp³-hybridized carbons (Fsp3) is 0.429. The molecule has 2 aromatic rings. The van der Waals surface area contributed by atoms with Gasteiger partial charge in [-0.1, -0.05) is 49.2 Å². The van der Waals surface area contributed by atoms with Crippen molar-refractivity contribution in [1.82, 2.24) is 4.90 Å². The van der Waals surface area contributed by atoms with Gasteiger partial charge in [-0.05, 0) is 73.2 Å². The zero-order valence-corrected chi connectivity index (χ0v) is 22.0. The summed E-state index contributed by atoms with van der Waals surface area (Å²) in [5.41, 5.74) is 4.78. The van der Waals surface area contributed by atoms with Crippen LogP contribution < -0.4 is 10.2 Å². The number of hydrogen-bond acceptors (Lipinski definition) is 4. The number of ketones is 1. The van der Waals surface area contributed by atoms with E-state index >= 15 is 0 Å². The van der Waals surface area contributed by atoms with Gasteiger partial charge in [0.2, 0.25) is 5.91 Å². The molecule has 0 spiro atoms. The van der Waals surface area contributed by atoms with Crippen molar-refractivity contribution in [2.45, 2.75) is 59.0 Å². The van der Waals surface area contributed by atoms with E-state index in [1.165, 1.54) is 18.4 Å². The second-order valence-electron chi connectivity index (χ2n) is 10.8. The molecule has 1 unspecified atom stereocenters. The van der Waals surface area contributed by atoms with Crippen LogP contribution in [0.15, 0.2) is 47.7 Å². The number of rotatable bonds is 3. The van der Waals surface area contributed by atoms with Crippen LogP contribution in [0.5, 0.6) is 0 Å². The number of allylic oxidation sites excluding steroid dienone is 1. The van der Waals surface area contributed by atoms with Crippen LogP contribution in [-0.4, -0.2) is 29.7 Å². The number of halogens is 2. The predicted molar refractivity (Wildman–Crippen MR) is 142 cm³/mol. The maximum Gasteiger partial charge on any atom is 0.224 e. The molecule has 1 saturated heterocycles. The third kappa shape index (κ3) is 4.74. The highest BCUT2D eigenvalue weighted by molar-refractivity contribution is 6.35. The fourth-order valence-corrected chi connectivity index (χ4v) is 6.27. The standard InChI is InChI=1S/C28H31Cl2N3O2/c1-17(34)33-24-9-6-18(16-32-10-4-5-11-32)12-22(24)31-23-14-28(2,3)15-25(35)26(23)27(33)20-8-7-19(29)13-21(20)30/h6-9,12-13,27,31H,4-5,10-11,14-16H2,1-3H3. The second kappa shape index (κ2) is 9.27. The number of nitrogens with zero attached hydrogens (tertiary/aromatic N) is 2. The minimum absolute atomic E-state index is 0.0381. The Kier molecular flexibility index (Phi) is 6.45. The Morgan fingerprint density at radius 3 is 2.51 bits per heavy atom. The molecule has 2 aliphatic heterocycles. The van der Waals surface area contributed by atoms with Crippen LogP contribution in [0.1, 0.15) is 63.6 Å². The fourth-order valence-electron chi connectivity index (χ4n) is 5.75. The van der Waals surface area contributed by atoms with Gasteiger partial charge in [0.15, 0.2) is 5.78 Å². The van der Waals surface area contributed by atoms with Gasteiger partial charge in [-0.15, -0.1) is 0 Å². The van der Waals surface area contributed by atoms with Gasteiger partial charge in [0, 0.05) is 41.2 Å². The van der Waals surface area contributed by atoms with E-state index in [-0.39, 0.29) is 17.1 Å². The summed E-state index contributed by atoms with van der Waals surface area (Å²) in [6, 6.07) is 10.9. The molecule has 184 valence electrons. The monoisotopic (exact) mass is 511 g/mol. The molecule has 5 rings (SSSR count). The topological polar surface area (TPSA) is 52.7 Å². The average Bonchev–Trinajstić information content (AvgIpc) is 3.21. The maximum atomic E-state index is 13.7. The number of likely N-dealkylation sites (tertiary alicyclic amines) is 1. The maximum absolute atomic E-state index is 13.7. The Labute approximate surface area is 217 Å². The summed E-state index contributed by atoms with van der Waals surface area (Å²) in [6.07, 6.45) is 3.59. The van der Waals surface area contributed by atoms with Gasteiger partial charge < -0.3 is 5.32 Å².